The van der Waals surface area contributed by atoms with Crippen LogP contribution in [-0.2, 0) is 9.84 Å². The molecule has 5 heteroatoms. The molecule has 19 heavy (non-hydrogen) atoms. The average Bonchev–Trinajstić information content (AvgIpc) is 2.38. The Hall–Kier alpha value is -1.75. The normalized spacial score (nSPS) is 11.0. The number of hydrogen-bond donors (Lipinski definition) is 1. The van der Waals surface area contributed by atoms with Crippen LogP contribution in [0.5, 0.6) is 0 Å². The van der Waals surface area contributed by atoms with Crippen molar-refractivity contribution in [3.8, 4) is 0 Å². The molecule has 1 rings (SSSR count). The Morgan fingerprint density at radius 3 is 2.26 bits per heavy atom. The summed E-state index contributed by atoms with van der Waals surface area (Å²) in [6, 6.07) is 4.99. The molecular formula is C14H20N2O2S. The van der Waals surface area contributed by atoms with Gasteiger partial charge in [-0.1, -0.05) is 19.1 Å². The van der Waals surface area contributed by atoms with Crippen LogP contribution in [-0.4, -0.2) is 27.3 Å². The second-order valence-corrected chi connectivity index (χ2v) is 6.35. The molecule has 0 radical (unpaired) electrons. The number of nitrogens with zero attached hydrogens (tertiary/aromatic N) is 1. The van der Waals surface area contributed by atoms with Crippen LogP contribution < -0.4 is 10.6 Å². The van der Waals surface area contributed by atoms with Crippen LogP contribution in [0.4, 0.5) is 11.4 Å². The van der Waals surface area contributed by atoms with E-state index in [2.05, 4.69) is 13.2 Å². The van der Waals surface area contributed by atoms with E-state index in [1.807, 2.05) is 4.90 Å². The lowest BCUT2D eigenvalue weighted by Gasteiger charge is -2.22. The van der Waals surface area contributed by atoms with Crippen molar-refractivity contribution in [2.24, 2.45) is 0 Å². The van der Waals surface area contributed by atoms with Crippen LogP contribution in [0.2, 0.25) is 0 Å². The van der Waals surface area contributed by atoms with E-state index < -0.39 is 9.84 Å². The van der Waals surface area contributed by atoms with Gasteiger partial charge in [-0.3, -0.25) is 0 Å². The Morgan fingerprint density at radius 1 is 1.26 bits per heavy atom. The molecule has 1 aromatic rings. The fourth-order valence-corrected chi connectivity index (χ4v) is 2.77. The maximum atomic E-state index is 11.8. The third-order valence-corrected chi connectivity index (χ3v) is 4.57. The van der Waals surface area contributed by atoms with Gasteiger partial charge in [0.15, 0.2) is 9.84 Å². The molecule has 0 fully saturated rings. The summed E-state index contributed by atoms with van der Waals surface area (Å²) in [5, 5.41) is 0. The molecule has 0 aliphatic heterocycles. The minimum Gasteiger partial charge on any atom is -0.398 e. The molecule has 4 nitrogen and oxygen atoms in total. The van der Waals surface area contributed by atoms with Crippen molar-refractivity contribution < 1.29 is 8.42 Å². The third-order valence-electron chi connectivity index (χ3n) is 2.77. The molecule has 0 aliphatic carbocycles. The standard InChI is InChI=1S/C14H20N2O2S/c1-4-9-16(10-5-2)12-7-8-14(13(15)11-12)19(17,18)6-3/h4-5,7-8,11H,1-2,6,9-10,15H2,3H3. The van der Waals surface area contributed by atoms with Gasteiger partial charge in [0.25, 0.3) is 0 Å². The summed E-state index contributed by atoms with van der Waals surface area (Å²) in [4.78, 5) is 2.19. The molecule has 0 aromatic heterocycles. The molecule has 0 heterocycles. The number of benzene rings is 1. The Balaban J connectivity index is 3.17. The van der Waals surface area contributed by atoms with Crippen LogP contribution >= 0.6 is 0 Å². The number of nitrogens with two attached hydrogens (primary N) is 1. The van der Waals surface area contributed by atoms with E-state index in [-0.39, 0.29) is 16.3 Å². The van der Waals surface area contributed by atoms with E-state index in [9.17, 15) is 8.42 Å². The molecular weight excluding hydrogens is 260 g/mol. The van der Waals surface area contributed by atoms with Gasteiger partial charge in [0.05, 0.1) is 16.3 Å². The molecule has 0 saturated carbocycles. The summed E-state index contributed by atoms with van der Waals surface area (Å²) < 4.78 is 23.7. The van der Waals surface area contributed by atoms with Crippen LogP contribution in [0.3, 0.4) is 0 Å². The van der Waals surface area contributed by atoms with Gasteiger partial charge in [0, 0.05) is 18.8 Å². The van der Waals surface area contributed by atoms with E-state index >= 15 is 0 Å². The molecule has 0 aliphatic rings. The van der Waals surface area contributed by atoms with E-state index in [1.54, 1.807) is 37.3 Å². The largest absolute Gasteiger partial charge is 0.398 e. The van der Waals surface area contributed by atoms with Crippen molar-refractivity contribution in [2.45, 2.75) is 11.8 Å². The number of hydrogen-bond acceptors (Lipinski definition) is 4. The average molecular weight is 280 g/mol. The molecule has 0 amide bonds. The monoisotopic (exact) mass is 280 g/mol. The quantitative estimate of drug-likeness (QED) is 0.614. The first kappa shape index (κ1) is 15.3. The Kier molecular flexibility index (Phi) is 5.18. The molecule has 0 saturated heterocycles. The fourth-order valence-electron chi connectivity index (χ4n) is 1.77. The maximum Gasteiger partial charge on any atom is 0.180 e. The molecule has 0 unspecified atom stereocenters. The van der Waals surface area contributed by atoms with Gasteiger partial charge in [-0.25, -0.2) is 8.42 Å². The van der Waals surface area contributed by atoms with Crippen molar-refractivity contribution in [3.63, 3.8) is 0 Å². The lowest BCUT2D eigenvalue weighted by molar-refractivity contribution is 0.597. The topological polar surface area (TPSA) is 63.4 Å². The van der Waals surface area contributed by atoms with Gasteiger partial charge in [0.2, 0.25) is 0 Å². The predicted octanol–water partition coefficient (Wildman–Crippen LogP) is 2.24. The second kappa shape index (κ2) is 6.43. The van der Waals surface area contributed by atoms with Crippen molar-refractivity contribution in [3.05, 3.63) is 43.5 Å². The van der Waals surface area contributed by atoms with Crippen LogP contribution in [0.15, 0.2) is 48.4 Å². The van der Waals surface area contributed by atoms with Gasteiger partial charge in [0.1, 0.15) is 0 Å². The molecule has 2 N–H and O–H groups in total. The zero-order valence-electron chi connectivity index (χ0n) is 11.2. The summed E-state index contributed by atoms with van der Waals surface area (Å²) >= 11 is 0. The predicted molar refractivity (Wildman–Crippen MR) is 81.2 cm³/mol. The number of nitrogen functional groups attached to an aromatic ring is 1. The highest BCUT2D eigenvalue weighted by Crippen LogP contribution is 2.25. The molecule has 0 bridgehead atoms. The smallest absolute Gasteiger partial charge is 0.180 e. The molecule has 1 aromatic carbocycles. The highest BCUT2D eigenvalue weighted by Gasteiger charge is 2.16. The maximum absolute atomic E-state index is 11.8. The van der Waals surface area contributed by atoms with Gasteiger partial charge in [-0.05, 0) is 18.2 Å². The Morgan fingerprint density at radius 2 is 1.84 bits per heavy atom. The summed E-state index contributed by atoms with van der Waals surface area (Å²) in [7, 11) is -3.28. The first-order valence-electron chi connectivity index (χ1n) is 6.05. The van der Waals surface area contributed by atoms with Crippen LogP contribution in [0.25, 0.3) is 0 Å². The van der Waals surface area contributed by atoms with Gasteiger partial charge in [-0.15, -0.1) is 13.2 Å². The van der Waals surface area contributed by atoms with Gasteiger partial charge < -0.3 is 10.6 Å². The second-order valence-electron chi connectivity index (χ2n) is 4.11. The molecule has 104 valence electrons. The van der Waals surface area contributed by atoms with Crippen LogP contribution in [0, 0.1) is 0 Å². The molecule has 0 spiro atoms. The summed E-state index contributed by atoms with van der Waals surface area (Å²) in [6.07, 6.45) is 3.55. The first-order valence-corrected chi connectivity index (χ1v) is 7.70. The van der Waals surface area contributed by atoms with Crippen molar-refractivity contribution in [1.29, 1.82) is 0 Å². The zero-order chi connectivity index (χ0) is 14.5. The van der Waals surface area contributed by atoms with E-state index in [0.29, 0.717) is 13.1 Å². The summed E-state index contributed by atoms with van der Waals surface area (Å²) in [5.41, 5.74) is 6.99. The summed E-state index contributed by atoms with van der Waals surface area (Å²) in [6.45, 7) is 10.3. The first-order chi connectivity index (χ1) is 8.96. The SMILES string of the molecule is C=CCN(CC=C)c1ccc(S(=O)(=O)CC)c(N)c1. The Bertz CT molecular complexity index is 555. The van der Waals surface area contributed by atoms with Crippen LogP contribution in [0.1, 0.15) is 6.92 Å². The number of anilines is 2. The van der Waals surface area contributed by atoms with E-state index in [4.69, 9.17) is 5.73 Å². The molecule has 0 atom stereocenters. The minimum atomic E-state index is -3.28. The Labute approximate surface area is 115 Å². The lowest BCUT2D eigenvalue weighted by atomic mass is 10.2. The zero-order valence-corrected chi connectivity index (χ0v) is 12.0. The fraction of sp³-hybridized carbons (Fsp3) is 0.286. The van der Waals surface area contributed by atoms with Crippen molar-refractivity contribution >= 4 is 21.2 Å². The highest BCUT2D eigenvalue weighted by molar-refractivity contribution is 7.91. The van der Waals surface area contributed by atoms with Crippen molar-refractivity contribution in [1.82, 2.24) is 0 Å². The number of rotatable bonds is 7. The van der Waals surface area contributed by atoms with E-state index in [0.717, 1.165) is 5.69 Å². The van der Waals surface area contributed by atoms with E-state index in [1.165, 1.54) is 0 Å². The van der Waals surface area contributed by atoms with Crippen molar-refractivity contribution in [2.75, 3.05) is 29.5 Å². The summed E-state index contributed by atoms with van der Waals surface area (Å²) in [5.74, 6) is 0.0412. The number of sulfone groups is 1. The van der Waals surface area contributed by atoms with Gasteiger partial charge in [-0.2, -0.15) is 0 Å². The lowest BCUT2D eigenvalue weighted by Crippen LogP contribution is -2.23. The van der Waals surface area contributed by atoms with Gasteiger partial charge >= 0.3 is 0 Å². The highest BCUT2D eigenvalue weighted by atomic mass is 32.2. The third kappa shape index (κ3) is 3.61. The minimum absolute atomic E-state index is 0.0412.